The van der Waals surface area contributed by atoms with Gasteiger partial charge in [-0.1, -0.05) is 24.3 Å². The summed E-state index contributed by atoms with van der Waals surface area (Å²) in [6.07, 6.45) is 2.97. The molecule has 0 saturated carbocycles. The first-order valence-electron chi connectivity index (χ1n) is 8.32. The molecule has 0 aliphatic heterocycles. The van der Waals surface area contributed by atoms with Crippen molar-refractivity contribution in [2.45, 2.75) is 47.5 Å². The molecule has 1 aromatic carbocycles. The number of benzene rings is 1. The van der Waals surface area contributed by atoms with Gasteiger partial charge in [-0.15, -0.1) is 0 Å². The predicted octanol–water partition coefficient (Wildman–Crippen LogP) is 5.91. The van der Waals surface area contributed by atoms with Gasteiger partial charge in [0.1, 0.15) is 11.6 Å². The molecule has 136 valence electrons. The summed E-state index contributed by atoms with van der Waals surface area (Å²) in [6.45, 7) is 12.8. The lowest BCUT2D eigenvalue weighted by molar-refractivity contribution is -0.143. The van der Waals surface area contributed by atoms with E-state index in [1.165, 1.54) is 6.08 Å². The molecule has 0 heterocycles. The number of halogens is 2. The zero-order chi connectivity index (χ0) is 19.1. The zero-order valence-electron chi connectivity index (χ0n) is 15.6. The predicted molar refractivity (Wildman–Crippen MR) is 98.5 cm³/mol. The number of hydrogen-bond acceptors (Lipinski definition) is 2. The molecule has 0 saturated heterocycles. The van der Waals surface area contributed by atoms with Crippen molar-refractivity contribution in [3.63, 3.8) is 0 Å². The van der Waals surface area contributed by atoms with Crippen molar-refractivity contribution in [3.8, 4) is 0 Å². The molecule has 0 spiro atoms. The highest BCUT2D eigenvalue weighted by atomic mass is 19.1. The topological polar surface area (TPSA) is 26.3 Å². The SMILES string of the molecule is C=C(C)/C=C(\C=C(/F)CCC(=O)OCC)c1c(C)cc(C)c(F)c1C. The molecule has 1 rings (SSSR count). The number of hydrogen-bond donors (Lipinski definition) is 0. The van der Waals surface area contributed by atoms with Gasteiger partial charge in [0.2, 0.25) is 0 Å². The molecule has 0 fully saturated rings. The number of aryl methyl sites for hydroxylation is 2. The van der Waals surface area contributed by atoms with Crippen LogP contribution in [0.3, 0.4) is 0 Å². The van der Waals surface area contributed by atoms with E-state index >= 15 is 0 Å². The van der Waals surface area contributed by atoms with Gasteiger partial charge in [0.25, 0.3) is 0 Å². The molecule has 0 radical (unpaired) electrons. The highest BCUT2D eigenvalue weighted by Gasteiger charge is 2.14. The van der Waals surface area contributed by atoms with Crippen LogP contribution < -0.4 is 0 Å². The minimum absolute atomic E-state index is 0.0310. The van der Waals surface area contributed by atoms with Crippen LogP contribution in [0.25, 0.3) is 5.57 Å². The first-order chi connectivity index (χ1) is 11.7. The number of carbonyl (C=O) groups is 1. The molecule has 0 aliphatic rings. The minimum Gasteiger partial charge on any atom is -0.466 e. The van der Waals surface area contributed by atoms with Crippen LogP contribution in [0.4, 0.5) is 8.78 Å². The van der Waals surface area contributed by atoms with Crippen LogP contribution in [0.5, 0.6) is 0 Å². The molecule has 4 heteroatoms. The fraction of sp³-hybridized carbons (Fsp3) is 0.381. The Kier molecular flexibility index (Phi) is 7.75. The number of esters is 1. The van der Waals surface area contributed by atoms with E-state index in [-0.39, 0.29) is 25.3 Å². The molecule has 1 aromatic rings. The van der Waals surface area contributed by atoms with Crippen molar-refractivity contribution in [1.29, 1.82) is 0 Å². The first-order valence-corrected chi connectivity index (χ1v) is 8.32. The Bertz CT molecular complexity index is 728. The first kappa shape index (κ1) is 20.8. The molecule has 0 bridgehead atoms. The van der Waals surface area contributed by atoms with Crippen LogP contribution in [0, 0.1) is 26.6 Å². The van der Waals surface area contributed by atoms with Gasteiger partial charge in [-0.25, -0.2) is 8.78 Å². The summed E-state index contributed by atoms with van der Waals surface area (Å²) < 4.78 is 33.4. The maximum absolute atomic E-state index is 14.3. The lowest BCUT2D eigenvalue weighted by Crippen LogP contribution is -2.03. The lowest BCUT2D eigenvalue weighted by Gasteiger charge is -2.15. The van der Waals surface area contributed by atoms with Crippen molar-refractivity contribution >= 4 is 11.5 Å². The molecule has 0 aromatic heterocycles. The minimum atomic E-state index is -0.458. The summed E-state index contributed by atoms with van der Waals surface area (Å²) in [4.78, 5) is 11.4. The number of carbonyl (C=O) groups excluding carboxylic acids is 1. The van der Waals surface area contributed by atoms with Gasteiger partial charge >= 0.3 is 5.97 Å². The quantitative estimate of drug-likeness (QED) is 0.452. The Balaban J connectivity index is 3.25. The van der Waals surface area contributed by atoms with Gasteiger partial charge in [-0.3, -0.25) is 4.79 Å². The monoisotopic (exact) mass is 348 g/mol. The second-order valence-corrected chi connectivity index (χ2v) is 6.17. The molecule has 2 nitrogen and oxygen atoms in total. The summed E-state index contributed by atoms with van der Waals surface area (Å²) in [6, 6.07) is 1.74. The normalized spacial score (nSPS) is 12.3. The highest BCUT2D eigenvalue weighted by molar-refractivity contribution is 5.80. The fourth-order valence-electron chi connectivity index (χ4n) is 2.75. The Labute approximate surface area is 148 Å². The number of allylic oxidation sites excluding steroid dienone is 5. The standard InChI is InChI=1S/C21H26F2O2/c1-7-25-19(24)9-8-18(22)12-17(10-13(2)3)20-14(4)11-15(5)21(23)16(20)6/h10-12H,2,7-9H2,1,3-6H3/b17-10+,18-12-. The second kappa shape index (κ2) is 9.30. The van der Waals surface area contributed by atoms with Crippen LogP contribution in [0.15, 0.2) is 36.2 Å². The zero-order valence-corrected chi connectivity index (χ0v) is 15.6. The van der Waals surface area contributed by atoms with Crippen LogP contribution in [-0.2, 0) is 9.53 Å². The average Bonchev–Trinajstić information content (AvgIpc) is 2.50. The van der Waals surface area contributed by atoms with Gasteiger partial charge in [0, 0.05) is 6.42 Å². The summed E-state index contributed by atoms with van der Waals surface area (Å²) in [5.41, 5.74) is 3.81. The Hall–Kier alpha value is -2.23. The van der Waals surface area contributed by atoms with E-state index in [0.717, 1.165) is 11.1 Å². The van der Waals surface area contributed by atoms with Crippen LogP contribution in [0.1, 0.15) is 48.9 Å². The summed E-state index contributed by atoms with van der Waals surface area (Å²) >= 11 is 0. The fourth-order valence-corrected chi connectivity index (χ4v) is 2.75. The molecule has 0 atom stereocenters. The van der Waals surface area contributed by atoms with E-state index in [4.69, 9.17) is 4.74 Å². The van der Waals surface area contributed by atoms with Gasteiger partial charge < -0.3 is 4.74 Å². The average molecular weight is 348 g/mol. The van der Waals surface area contributed by atoms with Crippen molar-refractivity contribution in [3.05, 3.63) is 64.3 Å². The molecule has 0 unspecified atom stereocenters. The maximum Gasteiger partial charge on any atom is 0.306 e. The van der Waals surface area contributed by atoms with Gasteiger partial charge in [-0.2, -0.15) is 0 Å². The molecule has 0 N–H and O–H groups in total. The van der Waals surface area contributed by atoms with Crippen molar-refractivity contribution in [1.82, 2.24) is 0 Å². The summed E-state index contributed by atoms with van der Waals surface area (Å²) in [7, 11) is 0. The van der Waals surface area contributed by atoms with Crippen molar-refractivity contribution in [2.75, 3.05) is 6.61 Å². The van der Waals surface area contributed by atoms with E-state index in [1.54, 1.807) is 39.8 Å². The highest BCUT2D eigenvalue weighted by Crippen LogP contribution is 2.30. The van der Waals surface area contributed by atoms with Crippen molar-refractivity contribution < 1.29 is 18.3 Å². The van der Waals surface area contributed by atoms with E-state index in [0.29, 0.717) is 22.3 Å². The van der Waals surface area contributed by atoms with E-state index in [1.807, 2.05) is 6.92 Å². The van der Waals surface area contributed by atoms with Gasteiger partial charge in [0.05, 0.1) is 13.0 Å². The smallest absolute Gasteiger partial charge is 0.306 e. The number of rotatable bonds is 7. The molecule has 0 aliphatic carbocycles. The summed E-state index contributed by atoms with van der Waals surface area (Å²) in [5.74, 6) is -1.20. The van der Waals surface area contributed by atoms with Crippen molar-refractivity contribution in [2.24, 2.45) is 0 Å². The lowest BCUT2D eigenvalue weighted by atomic mass is 9.91. The Morgan fingerprint density at radius 3 is 2.40 bits per heavy atom. The van der Waals surface area contributed by atoms with Gasteiger partial charge in [0.15, 0.2) is 0 Å². The molecular weight excluding hydrogens is 322 g/mol. The second-order valence-electron chi connectivity index (χ2n) is 6.17. The third-order valence-electron chi connectivity index (χ3n) is 3.75. The maximum atomic E-state index is 14.3. The molecule has 25 heavy (non-hydrogen) atoms. The number of ether oxygens (including phenoxy) is 1. The third kappa shape index (κ3) is 5.96. The Morgan fingerprint density at radius 1 is 1.20 bits per heavy atom. The molecule has 0 amide bonds. The largest absolute Gasteiger partial charge is 0.466 e. The van der Waals surface area contributed by atoms with E-state index in [2.05, 4.69) is 6.58 Å². The van der Waals surface area contributed by atoms with E-state index < -0.39 is 11.8 Å². The van der Waals surface area contributed by atoms with E-state index in [9.17, 15) is 13.6 Å². The van der Waals surface area contributed by atoms with Crippen LogP contribution in [0.2, 0.25) is 0 Å². The van der Waals surface area contributed by atoms with Crippen LogP contribution >= 0.6 is 0 Å². The molecular formula is C21H26F2O2. The Morgan fingerprint density at radius 2 is 1.84 bits per heavy atom. The third-order valence-corrected chi connectivity index (χ3v) is 3.75. The summed E-state index contributed by atoms with van der Waals surface area (Å²) in [5, 5.41) is 0. The van der Waals surface area contributed by atoms with Gasteiger partial charge in [-0.05, 0) is 68.5 Å². The van der Waals surface area contributed by atoms with Crippen LogP contribution in [-0.4, -0.2) is 12.6 Å².